The van der Waals surface area contributed by atoms with Crippen LogP contribution in [0.3, 0.4) is 0 Å². The van der Waals surface area contributed by atoms with Crippen LogP contribution in [0.15, 0.2) is 5.16 Å². The number of hydrogen-bond acceptors (Lipinski definition) is 3. The van der Waals surface area contributed by atoms with Crippen molar-refractivity contribution in [2.75, 3.05) is 0 Å². The Balaban J connectivity index is 5.16. The first-order valence-electron chi connectivity index (χ1n) is 6.10. The first kappa shape index (κ1) is 15.7. The summed E-state index contributed by atoms with van der Waals surface area (Å²) in [6, 6.07) is 0. The number of oxime groups is 1. The molecule has 17 heavy (non-hydrogen) atoms. The number of nitrogens with two attached hydrogens (primary N) is 1. The SMILES string of the molecule is CCC(C)(C)NC(=O)C(CC)(CC)C(N)=NO. The standard InChI is InChI=1S/C12H25N3O2/c1-6-11(4,5)14-10(16)12(7-2,8-3)9(13)15-17/h17H,6-8H2,1-5H3,(H2,13,15)(H,14,16). The Kier molecular flexibility index (Phi) is 5.45. The second-order valence-corrected chi connectivity index (χ2v) is 4.97. The number of rotatable bonds is 6. The molecule has 0 aliphatic carbocycles. The van der Waals surface area contributed by atoms with E-state index in [1.807, 2.05) is 34.6 Å². The molecule has 0 aliphatic heterocycles. The highest BCUT2D eigenvalue weighted by molar-refractivity contribution is 6.06. The molecule has 0 saturated carbocycles. The van der Waals surface area contributed by atoms with E-state index in [1.165, 1.54) is 0 Å². The van der Waals surface area contributed by atoms with Gasteiger partial charge in [-0.1, -0.05) is 25.9 Å². The minimum absolute atomic E-state index is 0.0214. The third-order valence-electron chi connectivity index (χ3n) is 3.58. The Morgan fingerprint density at radius 2 is 1.71 bits per heavy atom. The lowest BCUT2D eigenvalue weighted by atomic mass is 9.79. The molecule has 0 spiro atoms. The van der Waals surface area contributed by atoms with Crippen LogP contribution in [-0.4, -0.2) is 22.5 Å². The zero-order valence-electron chi connectivity index (χ0n) is 11.5. The fourth-order valence-electron chi connectivity index (χ4n) is 1.66. The van der Waals surface area contributed by atoms with Crippen molar-refractivity contribution in [3.05, 3.63) is 0 Å². The topological polar surface area (TPSA) is 87.7 Å². The number of nitrogens with one attached hydrogen (secondary N) is 1. The highest BCUT2D eigenvalue weighted by Gasteiger charge is 2.41. The van der Waals surface area contributed by atoms with Gasteiger partial charge in [0, 0.05) is 5.54 Å². The Hall–Kier alpha value is -1.26. The van der Waals surface area contributed by atoms with E-state index in [1.54, 1.807) is 0 Å². The van der Waals surface area contributed by atoms with Gasteiger partial charge in [0.1, 0.15) is 5.41 Å². The molecule has 0 radical (unpaired) electrons. The number of nitrogens with zero attached hydrogens (tertiary/aromatic N) is 1. The molecule has 4 N–H and O–H groups in total. The summed E-state index contributed by atoms with van der Waals surface area (Å²) in [6.45, 7) is 9.63. The van der Waals surface area contributed by atoms with Gasteiger partial charge in [-0.05, 0) is 33.1 Å². The van der Waals surface area contributed by atoms with Gasteiger partial charge in [0.25, 0.3) is 0 Å². The van der Waals surface area contributed by atoms with Crippen LogP contribution < -0.4 is 11.1 Å². The molecule has 0 rings (SSSR count). The Morgan fingerprint density at radius 1 is 1.24 bits per heavy atom. The van der Waals surface area contributed by atoms with Gasteiger partial charge in [-0.3, -0.25) is 4.79 Å². The third-order valence-corrected chi connectivity index (χ3v) is 3.58. The lowest BCUT2D eigenvalue weighted by Gasteiger charge is -2.34. The predicted molar refractivity (Wildman–Crippen MR) is 68.9 cm³/mol. The van der Waals surface area contributed by atoms with Crippen molar-refractivity contribution in [1.29, 1.82) is 0 Å². The molecule has 5 nitrogen and oxygen atoms in total. The van der Waals surface area contributed by atoms with Crippen LogP contribution >= 0.6 is 0 Å². The van der Waals surface area contributed by atoms with E-state index in [9.17, 15) is 4.79 Å². The maximum absolute atomic E-state index is 12.3. The molecule has 100 valence electrons. The molecule has 0 aromatic heterocycles. The number of carbonyl (C=O) groups is 1. The van der Waals surface area contributed by atoms with Gasteiger partial charge in [-0.15, -0.1) is 0 Å². The van der Waals surface area contributed by atoms with Crippen molar-refractivity contribution in [1.82, 2.24) is 5.32 Å². The van der Waals surface area contributed by atoms with Crippen LogP contribution in [0.25, 0.3) is 0 Å². The first-order valence-corrected chi connectivity index (χ1v) is 6.10. The summed E-state index contributed by atoms with van der Waals surface area (Å²) in [5.74, 6) is -0.198. The largest absolute Gasteiger partial charge is 0.409 e. The summed E-state index contributed by atoms with van der Waals surface area (Å²) in [5.41, 5.74) is 4.47. The molecule has 1 amide bonds. The van der Waals surface area contributed by atoms with E-state index in [2.05, 4.69) is 10.5 Å². The second kappa shape index (κ2) is 5.89. The molecule has 0 aromatic rings. The zero-order valence-corrected chi connectivity index (χ0v) is 11.5. The minimum atomic E-state index is -0.915. The summed E-state index contributed by atoms with van der Waals surface area (Å²) in [5, 5.41) is 14.8. The predicted octanol–water partition coefficient (Wildman–Crippen LogP) is 1.84. The van der Waals surface area contributed by atoms with Gasteiger partial charge >= 0.3 is 0 Å². The van der Waals surface area contributed by atoms with Crippen LogP contribution in [0.2, 0.25) is 0 Å². The van der Waals surface area contributed by atoms with Crippen molar-refractivity contribution in [3.8, 4) is 0 Å². The molecule has 0 saturated heterocycles. The van der Waals surface area contributed by atoms with Crippen molar-refractivity contribution >= 4 is 11.7 Å². The average molecular weight is 243 g/mol. The number of amidine groups is 1. The van der Waals surface area contributed by atoms with Crippen LogP contribution in [0.4, 0.5) is 0 Å². The molecular weight excluding hydrogens is 218 g/mol. The average Bonchev–Trinajstić information content (AvgIpc) is 2.30. The number of amides is 1. The Bertz CT molecular complexity index is 294. The van der Waals surface area contributed by atoms with E-state index >= 15 is 0 Å². The summed E-state index contributed by atoms with van der Waals surface area (Å²) in [7, 11) is 0. The summed E-state index contributed by atoms with van der Waals surface area (Å²) >= 11 is 0. The van der Waals surface area contributed by atoms with E-state index in [4.69, 9.17) is 10.9 Å². The molecule has 0 bridgehead atoms. The lowest BCUT2D eigenvalue weighted by molar-refractivity contribution is -0.129. The summed E-state index contributed by atoms with van der Waals surface area (Å²) in [6.07, 6.45) is 1.83. The van der Waals surface area contributed by atoms with Gasteiger partial charge in [-0.2, -0.15) is 0 Å². The van der Waals surface area contributed by atoms with Crippen LogP contribution in [-0.2, 0) is 4.79 Å². The summed E-state index contributed by atoms with van der Waals surface area (Å²) < 4.78 is 0. The maximum atomic E-state index is 12.3. The Labute approximate surface area is 103 Å². The highest BCUT2D eigenvalue weighted by atomic mass is 16.4. The first-order chi connectivity index (χ1) is 7.79. The maximum Gasteiger partial charge on any atom is 0.234 e. The number of hydrogen-bond donors (Lipinski definition) is 3. The third kappa shape index (κ3) is 3.35. The van der Waals surface area contributed by atoms with Gasteiger partial charge < -0.3 is 16.3 Å². The van der Waals surface area contributed by atoms with Crippen molar-refractivity contribution < 1.29 is 10.0 Å². The van der Waals surface area contributed by atoms with Crippen LogP contribution in [0.5, 0.6) is 0 Å². The van der Waals surface area contributed by atoms with E-state index in [-0.39, 0.29) is 17.3 Å². The molecule has 0 fully saturated rings. The second-order valence-electron chi connectivity index (χ2n) is 4.97. The zero-order chi connectivity index (χ0) is 13.7. The molecule has 0 aliphatic rings. The molecule has 0 unspecified atom stereocenters. The lowest BCUT2D eigenvalue weighted by Crippen LogP contribution is -2.54. The van der Waals surface area contributed by atoms with Gasteiger partial charge in [0.2, 0.25) is 5.91 Å². The molecule has 5 heteroatoms. The molecule has 0 atom stereocenters. The monoisotopic (exact) mass is 243 g/mol. The Morgan fingerprint density at radius 3 is 2.00 bits per heavy atom. The van der Waals surface area contributed by atoms with Crippen LogP contribution in [0, 0.1) is 5.41 Å². The molecular formula is C12H25N3O2. The van der Waals surface area contributed by atoms with Gasteiger partial charge in [0.05, 0.1) is 0 Å². The fraction of sp³-hybridized carbons (Fsp3) is 0.833. The van der Waals surface area contributed by atoms with E-state index in [0.717, 1.165) is 6.42 Å². The van der Waals surface area contributed by atoms with E-state index in [0.29, 0.717) is 12.8 Å². The molecule has 0 aromatic carbocycles. The fourth-order valence-corrected chi connectivity index (χ4v) is 1.66. The van der Waals surface area contributed by atoms with Crippen LogP contribution in [0.1, 0.15) is 53.9 Å². The highest BCUT2D eigenvalue weighted by Crippen LogP contribution is 2.28. The minimum Gasteiger partial charge on any atom is -0.409 e. The van der Waals surface area contributed by atoms with E-state index < -0.39 is 5.41 Å². The van der Waals surface area contributed by atoms with Gasteiger partial charge in [0.15, 0.2) is 5.84 Å². The van der Waals surface area contributed by atoms with Crippen molar-refractivity contribution in [2.24, 2.45) is 16.3 Å². The van der Waals surface area contributed by atoms with Crippen molar-refractivity contribution in [3.63, 3.8) is 0 Å². The summed E-state index contributed by atoms with van der Waals surface area (Å²) in [4.78, 5) is 12.3. The molecule has 0 heterocycles. The van der Waals surface area contributed by atoms with Crippen molar-refractivity contribution in [2.45, 2.75) is 59.4 Å². The van der Waals surface area contributed by atoms with Gasteiger partial charge in [-0.25, -0.2) is 0 Å². The number of carbonyl (C=O) groups excluding carboxylic acids is 1. The normalized spacial score (nSPS) is 13.6. The smallest absolute Gasteiger partial charge is 0.234 e. The quantitative estimate of drug-likeness (QED) is 0.288.